The maximum Gasteiger partial charge on any atom is 0.220 e. The highest BCUT2D eigenvalue weighted by Gasteiger charge is 2.44. The van der Waals surface area contributed by atoms with E-state index < -0.39 is 49.5 Å². The predicted molar refractivity (Wildman–Crippen MR) is 254 cm³/mol. The minimum absolute atomic E-state index is 0.131. The zero-order valence-electron chi connectivity index (χ0n) is 40.2. The van der Waals surface area contributed by atoms with E-state index in [-0.39, 0.29) is 12.5 Å². The average molecular weight is 870 g/mol. The van der Waals surface area contributed by atoms with Crippen molar-refractivity contribution < 1.29 is 39.8 Å². The van der Waals surface area contributed by atoms with E-state index in [1.165, 1.54) is 205 Å². The van der Waals surface area contributed by atoms with Gasteiger partial charge in [-0.25, -0.2) is 0 Å². The minimum Gasteiger partial charge on any atom is -0.394 e. The lowest BCUT2D eigenvalue weighted by molar-refractivity contribution is -0.302. The molecular formula is C52H103NO8. The summed E-state index contributed by atoms with van der Waals surface area (Å²) in [4.78, 5) is 13.0. The van der Waals surface area contributed by atoms with Gasteiger partial charge in [0, 0.05) is 6.42 Å². The summed E-state index contributed by atoms with van der Waals surface area (Å²) >= 11 is 0. The van der Waals surface area contributed by atoms with Gasteiger partial charge in [-0.05, 0) is 12.8 Å². The summed E-state index contributed by atoms with van der Waals surface area (Å²) in [6, 6.07) is -0.712. The largest absolute Gasteiger partial charge is 0.394 e. The highest BCUT2D eigenvalue weighted by atomic mass is 16.7. The lowest BCUT2D eigenvalue weighted by Crippen LogP contribution is -2.60. The fraction of sp³-hybridized carbons (Fsp3) is 0.981. The van der Waals surface area contributed by atoms with E-state index in [9.17, 15) is 30.3 Å². The van der Waals surface area contributed by atoms with Crippen molar-refractivity contribution in [1.82, 2.24) is 5.32 Å². The van der Waals surface area contributed by atoms with Gasteiger partial charge in [-0.1, -0.05) is 251 Å². The summed E-state index contributed by atoms with van der Waals surface area (Å²) in [5.74, 6) is -0.138. The number of rotatable bonds is 46. The van der Waals surface area contributed by atoms with E-state index in [0.717, 1.165) is 38.5 Å². The van der Waals surface area contributed by atoms with Crippen LogP contribution in [0.25, 0.3) is 0 Å². The highest BCUT2D eigenvalue weighted by Crippen LogP contribution is 2.23. The van der Waals surface area contributed by atoms with Gasteiger partial charge in [0.2, 0.25) is 5.91 Å². The van der Waals surface area contributed by atoms with Crippen LogP contribution < -0.4 is 5.32 Å². The summed E-state index contributed by atoms with van der Waals surface area (Å²) in [6.07, 6.45) is 42.6. The smallest absolute Gasteiger partial charge is 0.220 e. The topological polar surface area (TPSA) is 149 Å². The fourth-order valence-corrected chi connectivity index (χ4v) is 8.93. The van der Waals surface area contributed by atoms with E-state index in [1.54, 1.807) is 0 Å². The molecule has 0 radical (unpaired) electrons. The Hall–Kier alpha value is -0.810. The Morgan fingerprint density at radius 2 is 0.820 bits per heavy atom. The van der Waals surface area contributed by atoms with E-state index in [0.29, 0.717) is 12.8 Å². The van der Waals surface area contributed by atoms with E-state index in [1.807, 2.05) is 0 Å². The first kappa shape index (κ1) is 58.2. The molecule has 0 aromatic heterocycles. The number of amides is 1. The number of aliphatic hydroxyl groups excluding tert-OH is 5. The Labute approximate surface area is 376 Å². The molecule has 0 spiro atoms. The van der Waals surface area contributed by atoms with Gasteiger partial charge < -0.3 is 40.3 Å². The molecule has 9 nitrogen and oxygen atoms in total. The Morgan fingerprint density at radius 3 is 1.16 bits per heavy atom. The molecule has 1 heterocycles. The van der Waals surface area contributed by atoms with Crippen molar-refractivity contribution in [2.75, 3.05) is 13.2 Å². The summed E-state index contributed by atoms with van der Waals surface area (Å²) in [5, 5.41) is 54.6. The number of aliphatic hydroxyl groups is 5. The summed E-state index contributed by atoms with van der Waals surface area (Å²) in [7, 11) is 0. The molecule has 1 aliphatic heterocycles. The molecule has 6 N–H and O–H groups in total. The maximum absolute atomic E-state index is 13.0. The van der Waals surface area contributed by atoms with Gasteiger partial charge in [0.15, 0.2) is 6.29 Å². The van der Waals surface area contributed by atoms with Gasteiger partial charge in [-0.3, -0.25) is 4.79 Å². The molecule has 0 bridgehead atoms. The average Bonchev–Trinajstić information content (AvgIpc) is 3.26. The summed E-state index contributed by atoms with van der Waals surface area (Å²) in [5.41, 5.74) is 0. The third kappa shape index (κ3) is 33.3. The third-order valence-corrected chi connectivity index (χ3v) is 13.2. The Balaban J connectivity index is 2.23. The summed E-state index contributed by atoms with van der Waals surface area (Å²) in [6.45, 7) is 3.87. The molecule has 0 aromatic carbocycles. The van der Waals surface area contributed by atoms with Crippen molar-refractivity contribution in [2.45, 2.75) is 314 Å². The molecule has 7 unspecified atom stereocenters. The van der Waals surface area contributed by atoms with E-state index in [2.05, 4.69) is 19.2 Å². The zero-order chi connectivity index (χ0) is 44.4. The first-order valence-corrected chi connectivity index (χ1v) is 26.7. The van der Waals surface area contributed by atoms with Gasteiger partial charge in [-0.15, -0.1) is 0 Å². The monoisotopic (exact) mass is 870 g/mol. The maximum atomic E-state index is 13.0. The van der Waals surface area contributed by atoms with Crippen molar-refractivity contribution >= 4 is 5.91 Å². The Morgan fingerprint density at radius 1 is 0.492 bits per heavy atom. The molecule has 61 heavy (non-hydrogen) atoms. The van der Waals surface area contributed by atoms with E-state index >= 15 is 0 Å². The first-order valence-electron chi connectivity index (χ1n) is 26.7. The number of nitrogens with one attached hydrogen (secondary N) is 1. The molecule has 364 valence electrons. The number of carbonyl (C=O) groups is 1. The van der Waals surface area contributed by atoms with Crippen LogP contribution in [-0.4, -0.2) is 87.5 Å². The number of hydrogen-bond acceptors (Lipinski definition) is 8. The zero-order valence-corrected chi connectivity index (χ0v) is 40.2. The van der Waals surface area contributed by atoms with Gasteiger partial charge in [-0.2, -0.15) is 0 Å². The molecule has 9 heteroatoms. The second kappa shape index (κ2) is 43.1. The second-order valence-electron chi connectivity index (χ2n) is 19.0. The minimum atomic E-state index is -1.55. The molecule has 0 aliphatic carbocycles. The predicted octanol–water partition coefficient (Wildman–Crippen LogP) is 12.3. The van der Waals surface area contributed by atoms with Crippen LogP contribution in [0.4, 0.5) is 0 Å². The molecule has 1 saturated heterocycles. The molecular weight excluding hydrogens is 767 g/mol. The number of hydrogen-bond donors (Lipinski definition) is 6. The van der Waals surface area contributed by atoms with Crippen LogP contribution in [-0.2, 0) is 14.3 Å². The molecule has 1 fully saturated rings. The van der Waals surface area contributed by atoms with Crippen LogP contribution in [0.5, 0.6) is 0 Å². The SMILES string of the molecule is CCCCCCCCCCCCCCCCCCCCCCCC(O)C(COC1OC(CO)C(O)C(O)C1O)NC(=O)CCCCCCCCCCCCCCCCCCC. The quantitative estimate of drug-likeness (QED) is 0.0331. The molecule has 1 aliphatic rings. The van der Waals surface area contributed by atoms with Crippen molar-refractivity contribution in [3.63, 3.8) is 0 Å². The third-order valence-electron chi connectivity index (χ3n) is 13.2. The van der Waals surface area contributed by atoms with Crippen molar-refractivity contribution in [3.05, 3.63) is 0 Å². The molecule has 7 atom stereocenters. The van der Waals surface area contributed by atoms with Crippen LogP contribution in [0, 0.1) is 0 Å². The standard InChI is InChI=1S/C52H103NO8/c1-3-5-7-9-11-13-15-17-19-21-22-23-24-26-27-29-31-33-35-37-39-41-46(55)45(44-60-52-51(59)50(58)49(57)47(43-54)61-52)53-48(56)42-40-38-36-34-32-30-28-25-20-18-16-14-12-10-8-6-4-2/h45-47,49-52,54-55,57-59H,3-44H2,1-2H3,(H,53,56). The van der Waals surface area contributed by atoms with Crippen LogP contribution in [0.2, 0.25) is 0 Å². The van der Waals surface area contributed by atoms with Gasteiger partial charge in [0.1, 0.15) is 24.4 Å². The normalized spacial score (nSPS) is 20.3. The number of unbranched alkanes of at least 4 members (excludes halogenated alkanes) is 36. The summed E-state index contributed by atoms with van der Waals surface area (Å²) < 4.78 is 11.3. The van der Waals surface area contributed by atoms with Crippen molar-refractivity contribution in [1.29, 1.82) is 0 Å². The lowest BCUT2D eigenvalue weighted by atomic mass is 9.99. The molecule has 1 amide bonds. The van der Waals surface area contributed by atoms with Gasteiger partial charge in [0.05, 0.1) is 25.4 Å². The Bertz CT molecular complexity index is 924. The number of ether oxygens (including phenoxy) is 2. The molecule has 1 rings (SSSR count). The van der Waals surface area contributed by atoms with Crippen LogP contribution in [0.1, 0.15) is 271 Å². The highest BCUT2D eigenvalue weighted by molar-refractivity contribution is 5.76. The van der Waals surface area contributed by atoms with Crippen molar-refractivity contribution in [2.24, 2.45) is 0 Å². The number of carbonyl (C=O) groups excluding carboxylic acids is 1. The molecule has 0 aromatic rings. The molecule has 0 saturated carbocycles. The van der Waals surface area contributed by atoms with Crippen LogP contribution in [0.3, 0.4) is 0 Å². The second-order valence-corrected chi connectivity index (χ2v) is 19.0. The Kier molecular flexibility index (Phi) is 41.1. The lowest BCUT2D eigenvalue weighted by Gasteiger charge is -2.40. The van der Waals surface area contributed by atoms with Gasteiger partial charge >= 0.3 is 0 Å². The van der Waals surface area contributed by atoms with Crippen LogP contribution >= 0.6 is 0 Å². The first-order chi connectivity index (χ1) is 29.8. The van der Waals surface area contributed by atoms with E-state index in [4.69, 9.17) is 9.47 Å². The van der Waals surface area contributed by atoms with Crippen molar-refractivity contribution in [3.8, 4) is 0 Å². The fourth-order valence-electron chi connectivity index (χ4n) is 8.93. The van der Waals surface area contributed by atoms with Gasteiger partial charge in [0.25, 0.3) is 0 Å². The van der Waals surface area contributed by atoms with Crippen LogP contribution in [0.15, 0.2) is 0 Å².